The minimum Gasteiger partial charge on any atom is -0.480 e. The molecule has 0 aromatic heterocycles. The SMILES string of the molecule is CC1CC(C)CC(NC2(C(=O)O)CC2)C1. The maximum Gasteiger partial charge on any atom is 0.323 e. The van der Waals surface area contributed by atoms with Crippen molar-refractivity contribution in [3.05, 3.63) is 0 Å². The fraction of sp³-hybridized carbons (Fsp3) is 0.917. The molecule has 0 bridgehead atoms. The van der Waals surface area contributed by atoms with Crippen LogP contribution in [0.5, 0.6) is 0 Å². The molecular formula is C12H21NO2. The third-order valence-electron chi connectivity index (χ3n) is 3.82. The van der Waals surface area contributed by atoms with Crippen molar-refractivity contribution in [2.24, 2.45) is 11.8 Å². The second-order valence-electron chi connectivity index (χ2n) is 5.65. The van der Waals surface area contributed by atoms with E-state index in [-0.39, 0.29) is 0 Å². The van der Waals surface area contributed by atoms with Gasteiger partial charge in [0.25, 0.3) is 0 Å². The Bertz CT molecular complexity index is 250. The Morgan fingerprint density at radius 3 is 2.13 bits per heavy atom. The third kappa shape index (κ3) is 2.33. The lowest BCUT2D eigenvalue weighted by Gasteiger charge is -2.33. The van der Waals surface area contributed by atoms with Gasteiger partial charge in [-0.1, -0.05) is 13.8 Å². The van der Waals surface area contributed by atoms with E-state index in [1.165, 1.54) is 6.42 Å². The highest BCUT2D eigenvalue weighted by Gasteiger charge is 2.51. The van der Waals surface area contributed by atoms with Gasteiger partial charge in [-0.25, -0.2) is 0 Å². The first-order valence-corrected chi connectivity index (χ1v) is 6.03. The average Bonchev–Trinajstić information content (AvgIpc) is 2.83. The highest BCUT2D eigenvalue weighted by molar-refractivity contribution is 5.82. The molecule has 2 atom stereocenters. The quantitative estimate of drug-likeness (QED) is 0.751. The number of rotatable bonds is 3. The lowest BCUT2D eigenvalue weighted by molar-refractivity contribution is -0.141. The molecule has 15 heavy (non-hydrogen) atoms. The summed E-state index contributed by atoms with van der Waals surface area (Å²) in [6, 6.07) is 0.419. The predicted molar refractivity (Wildman–Crippen MR) is 58.7 cm³/mol. The van der Waals surface area contributed by atoms with Crippen molar-refractivity contribution in [3.8, 4) is 0 Å². The molecule has 0 spiro atoms. The monoisotopic (exact) mass is 211 g/mol. The molecule has 0 aromatic rings. The summed E-state index contributed by atoms with van der Waals surface area (Å²) in [5.41, 5.74) is -0.554. The van der Waals surface area contributed by atoms with Crippen LogP contribution >= 0.6 is 0 Å². The van der Waals surface area contributed by atoms with Crippen LogP contribution in [0.15, 0.2) is 0 Å². The van der Waals surface area contributed by atoms with Gasteiger partial charge in [-0.05, 0) is 43.9 Å². The van der Waals surface area contributed by atoms with Gasteiger partial charge in [-0.15, -0.1) is 0 Å². The topological polar surface area (TPSA) is 49.3 Å². The summed E-state index contributed by atoms with van der Waals surface area (Å²) in [5.74, 6) is 0.806. The van der Waals surface area contributed by atoms with Gasteiger partial charge >= 0.3 is 5.97 Å². The highest BCUT2D eigenvalue weighted by Crippen LogP contribution is 2.38. The molecule has 2 unspecified atom stereocenters. The van der Waals surface area contributed by atoms with Crippen molar-refractivity contribution in [2.45, 2.75) is 57.5 Å². The van der Waals surface area contributed by atoms with Crippen molar-refractivity contribution in [2.75, 3.05) is 0 Å². The lowest BCUT2D eigenvalue weighted by Crippen LogP contribution is -2.48. The molecule has 0 amide bonds. The van der Waals surface area contributed by atoms with Gasteiger partial charge in [-0.2, -0.15) is 0 Å². The molecule has 3 nitrogen and oxygen atoms in total. The van der Waals surface area contributed by atoms with Crippen LogP contribution in [0.3, 0.4) is 0 Å². The minimum absolute atomic E-state index is 0.419. The van der Waals surface area contributed by atoms with Crippen molar-refractivity contribution in [1.82, 2.24) is 5.32 Å². The van der Waals surface area contributed by atoms with Gasteiger partial charge in [0.15, 0.2) is 0 Å². The maximum atomic E-state index is 11.1. The molecule has 2 saturated carbocycles. The van der Waals surface area contributed by atoms with E-state index in [2.05, 4.69) is 19.2 Å². The van der Waals surface area contributed by atoms with Crippen LogP contribution in [-0.4, -0.2) is 22.7 Å². The standard InChI is InChI=1S/C12H21NO2/c1-8-5-9(2)7-10(6-8)13-12(3-4-12)11(14)15/h8-10,13H,3-7H2,1-2H3,(H,14,15). The zero-order valence-electron chi connectivity index (χ0n) is 9.62. The van der Waals surface area contributed by atoms with Crippen molar-refractivity contribution in [1.29, 1.82) is 0 Å². The van der Waals surface area contributed by atoms with Crippen molar-refractivity contribution in [3.63, 3.8) is 0 Å². The van der Waals surface area contributed by atoms with E-state index in [1.54, 1.807) is 0 Å². The maximum absolute atomic E-state index is 11.1. The first-order chi connectivity index (χ1) is 7.02. The molecule has 3 heteroatoms. The Kier molecular flexibility index (Phi) is 2.75. The van der Waals surface area contributed by atoms with Gasteiger partial charge in [0, 0.05) is 6.04 Å². The second-order valence-corrected chi connectivity index (χ2v) is 5.65. The minimum atomic E-state index is -0.659. The molecule has 0 heterocycles. The summed E-state index contributed by atoms with van der Waals surface area (Å²) in [5, 5.41) is 12.5. The number of aliphatic carboxylic acids is 1. The van der Waals surface area contributed by atoms with Crippen LogP contribution in [0.2, 0.25) is 0 Å². The van der Waals surface area contributed by atoms with Gasteiger partial charge in [0.05, 0.1) is 0 Å². The molecule has 2 rings (SSSR count). The van der Waals surface area contributed by atoms with Crippen LogP contribution in [0, 0.1) is 11.8 Å². The van der Waals surface area contributed by atoms with Gasteiger partial charge in [0.1, 0.15) is 5.54 Å². The lowest BCUT2D eigenvalue weighted by atomic mass is 9.80. The number of hydrogen-bond donors (Lipinski definition) is 2. The molecule has 0 saturated heterocycles. The average molecular weight is 211 g/mol. The number of carbonyl (C=O) groups is 1. The first-order valence-electron chi connectivity index (χ1n) is 6.03. The smallest absolute Gasteiger partial charge is 0.323 e. The van der Waals surface area contributed by atoms with E-state index in [0.717, 1.165) is 37.5 Å². The Hall–Kier alpha value is -0.570. The fourth-order valence-corrected chi connectivity index (χ4v) is 3.00. The van der Waals surface area contributed by atoms with Crippen LogP contribution in [0.25, 0.3) is 0 Å². The Morgan fingerprint density at radius 1 is 1.20 bits per heavy atom. The summed E-state index contributed by atoms with van der Waals surface area (Å²) >= 11 is 0. The zero-order chi connectivity index (χ0) is 11.1. The Balaban J connectivity index is 1.92. The molecule has 0 radical (unpaired) electrons. The number of nitrogens with one attached hydrogen (secondary N) is 1. The largest absolute Gasteiger partial charge is 0.480 e. The molecule has 86 valence electrons. The van der Waals surface area contributed by atoms with Crippen molar-refractivity contribution >= 4 is 5.97 Å². The molecule has 2 aliphatic rings. The molecule has 2 aliphatic carbocycles. The predicted octanol–water partition coefficient (Wildman–Crippen LogP) is 2.02. The fourth-order valence-electron chi connectivity index (χ4n) is 3.00. The Morgan fingerprint density at radius 2 is 1.73 bits per heavy atom. The molecule has 2 fully saturated rings. The number of carboxylic acid groups (broad SMARTS) is 1. The molecule has 2 N–H and O–H groups in total. The van der Waals surface area contributed by atoms with Crippen LogP contribution in [-0.2, 0) is 4.79 Å². The summed E-state index contributed by atoms with van der Waals surface area (Å²) in [4.78, 5) is 11.1. The van der Waals surface area contributed by atoms with E-state index >= 15 is 0 Å². The summed E-state index contributed by atoms with van der Waals surface area (Å²) in [6.45, 7) is 4.54. The molecule has 0 aliphatic heterocycles. The normalized spacial score (nSPS) is 38.7. The van der Waals surface area contributed by atoms with Crippen molar-refractivity contribution < 1.29 is 9.90 Å². The van der Waals surface area contributed by atoms with Gasteiger partial charge in [0.2, 0.25) is 0 Å². The van der Waals surface area contributed by atoms with E-state index < -0.39 is 11.5 Å². The summed E-state index contributed by atoms with van der Waals surface area (Å²) < 4.78 is 0. The highest BCUT2D eigenvalue weighted by atomic mass is 16.4. The third-order valence-corrected chi connectivity index (χ3v) is 3.82. The van der Waals surface area contributed by atoms with Gasteiger partial charge < -0.3 is 5.11 Å². The van der Waals surface area contributed by atoms with E-state index in [4.69, 9.17) is 5.11 Å². The first kappa shape index (κ1) is 10.9. The zero-order valence-corrected chi connectivity index (χ0v) is 9.62. The number of carboxylic acids is 1. The molecular weight excluding hydrogens is 190 g/mol. The summed E-state index contributed by atoms with van der Waals surface area (Å²) in [6.07, 6.45) is 5.18. The van der Waals surface area contributed by atoms with Crippen LogP contribution < -0.4 is 5.32 Å². The van der Waals surface area contributed by atoms with Crippen LogP contribution in [0.1, 0.15) is 46.0 Å². The number of hydrogen-bond acceptors (Lipinski definition) is 2. The van der Waals surface area contributed by atoms with Crippen LogP contribution in [0.4, 0.5) is 0 Å². The molecule has 0 aromatic carbocycles. The van der Waals surface area contributed by atoms with E-state index in [0.29, 0.717) is 6.04 Å². The second kappa shape index (κ2) is 3.78. The van der Waals surface area contributed by atoms with Gasteiger partial charge in [-0.3, -0.25) is 10.1 Å². The van der Waals surface area contributed by atoms with E-state index in [9.17, 15) is 4.79 Å². The van der Waals surface area contributed by atoms with E-state index in [1.807, 2.05) is 0 Å². The summed E-state index contributed by atoms with van der Waals surface area (Å²) in [7, 11) is 0. The Labute approximate surface area is 91.2 Å².